The zero-order valence-electron chi connectivity index (χ0n) is 11.1. The van der Waals surface area contributed by atoms with E-state index < -0.39 is 6.36 Å². The largest absolute Gasteiger partial charge is 0.573 e. The van der Waals surface area contributed by atoms with Crippen LogP contribution in [0.5, 0.6) is 11.5 Å². The van der Waals surface area contributed by atoms with Crippen molar-refractivity contribution in [2.24, 2.45) is 5.73 Å². The van der Waals surface area contributed by atoms with Crippen molar-refractivity contribution in [3.05, 3.63) is 46.7 Å². The second kappa shape index (κ2) is 6.36. The Morgan fingerprint density at radius 3 is 2.19 bits per heavy atom. The zero-order valence-corrected chi connectivity index (χ0v) is 11.9. The zero-order chi connectivity index (χ0) is 15.5. The van der Waals surface area contributed by atoms with Gasteiger partial charge in [0.1, 0.15) is 17.6 Å². The van der Waals surface area contributed by atoms with E-state index in [0.29, 0.717) is 5.75 Å². The van der Waals surface area contributed by atoms with Gasteiger partial charge in [0.25, 0.3) is 0 Å². The molecule has 2 N–H and O–H groups in total. The van der Waals surface area contributed by atoms with Crippen molar-refractivity contribution in [2.45, 2.75) is 25.4 Å². The van der Waals surface area contributed by atoms with Crippen molar-refractivity contribution in [3.8, 4) is 11.5 Å². The van der Waals surface area contributed by atoms with Crippen LogP contribution in [0.25, 0.3) is 0 Å². The van der Waals surface area contributed by atoms with Gasteiger partial charge >= 0.3 is 6.36 Å². The third-order valence-electron chi connectivity index (χ3n) is 2.67. The maximum Gasteiger partial charge on any atom is 0.573 e. The minimum absolute atomic E-state index is 0.259. The number of benzene rings is 1. The van der Waals surface area contributed by atoms with Crippen LogP contribution in [0.3, 0.4) is 0 Å². The molecule has 1 heterocycles. The van der Waals surface area contributed by atoms with E-state index in [1.54, 1.807) is 0 Å². The van der Waals surface area contributed by atoms with E-state index in [-0.39, 0.29) is 17.9 Å². The Balaban J connectivity index is 2.08. The van der Waals surface area contributed by atoms with Gasteiger partial charge in [-0.25, -0.2) is 0 Å². The van der Waals surface area contributed by atoms with Crippen LogP contribution in [0, 0.1) is 0 Å². The van der Waals surface area contributed by atoms with Gasteiger partial charge in [-0.2, -0.15) is 11.3 Å². The van der Waals surface area contributed by atoms with E-state index in [2.05, 4.69) is 4.74 Å². The molecule has 0 radical (unpaired) electrons. The standard InChI is InChI=1S/C14H14F3NO2S/c1-9(18)13(10-6-7-21-8-10)19-11-2-4-12(5-3-11)20-14(15,16)17/h2-9,13H,18H2,1H3. The number of alkyl halides is 3. The highest BCUT2D eigenvalue weighted by Gasteiger charge is 2.31. The summed E-state index contributed by atoms with van der Waals surface area (Å²) in [7, 11) is 0. The van der Waals surface area contributed by atoms with Crippen molar-refractivity contribution in [3.63, 3.8) is 0 Å². The Labute approximate surface area is 124 Å². The summed E-state index contributed by atoms with van der Waals surface area (Å²) in [5.41, 5.74) is 6.83. The molecule has 0 saturated carbocycles. The third kappa shape index (κ3) is 4.64. The highest BCUT2D eigenvalue weighted by molar-refractivity contribution is 7.07. The first-order chi connectivity index (χ1) is 9.85. The molecule has 0 aliphatic heterocycles. The highest BCUT2D eigenvalue weighted by Crippen LogP contribution is 2.29. The number of nitrogens with two attached hydrogens (primary N) is 1. The topological polar surface area (TPSA) is 44.5 Å². The normalized spacial score (nSPS) is 14.5. The maximum atomic E-state index is 12.1. The van der Waals surface area contributed by atoms with Crippen LogP contribution in [0.2, 0.25) is 0 Å². The molecule has 0 aliphatic rings. The van der Waals surface area contributed by atoms with Crippen molar-refractivity contribution in [1.29, 1.82) is 0 Å². The van der Waals surface area contributed by atoms with Gasteiger partial charge in [-0.05, 0) is 48.0 Å². The molecule has 2 atom stereocenters. The Kier molecular flexibility index (Phi) is 4.74. The predicted octanol–water partition coefficient (Wildman–Crippen LogP) is 4.11. The smallest absolute Gasteiger partial charge is 0.484 e. The van der Waals surface area contributed by atoms with E-state index in [1.807, 2.05) is 23.8 Å². The fraction of sp³-hybridized carbons (Fsp3) is 0.286. The summed E-state index contributed by atoms with van der Waals surface area (Å²) in [6, 6.07) is 6.89. The first-order valence-electron chi connectivity index (χ1n) is 6.15. The molecule has 2 rings (SSSR count). The number of rotatable bonds is 5. The Bertz CT molecular complexity index is 553. The maximum absolute atomic E-state index is 12.1. The molecule has 2 unspecified atom stereocenters. The molecular weight excluding hydrogens is 303 g/mol. The lowest BCUT2D eigenvalue weighted by Gasteiger charge is -2.22. The van der Waals surface area contributed by atoms with Gasteiger partial charge in [-0.15, -0.1) is 13.2 Å². The second-order valence-corrected chi connectivity index (χ2v) is 5.25. The molecular formula is C14H14F3NO2S. The van der Waals surface area contributed by atoms with Crippen LogP contribution >= 0.6 is 11.3 Å². The molecule has 0 saturated heterocycles. The Morgan fingerprint density at radius 1 is 1.10 bits per heavy atom. The molecule has 114 valence electrons. The molecule has 1 aromatic carbocycles. The summed E-state index contributed by atoms with van der Waals surface area (Å²) in [6.45, 7) is 1.81. The Morgan fingerprint density at radius 2 is 1.71 bits per heavy atom. The molecule has 21 heavy (non-hydrogen) atoms. The molecule has 7 heteroatoms. The van der Waals surface area contributed by atoms with Crippen molar-refractivity contribution in [1.82, 2.24) is 0 Å². The van der Waals surface area contributed by atoms with Gasteiger partial charge in [0.15, 0.2) is 0 Å². The molecule has 2 aromatic rings. The summed E-state index contributed by atoms with van der Waals surface area (Å²) in [4.78, 5) is 0. The number of hydrogen-bond donors (Lipinski definition) is 1. The van der Waals surface area contributed by atoms with Gasteiger partial charge in [0.2, 0.25) is 0 Å². The number of thiophene rings is 1. The quantitative estimate of drug-likeness (QED) is 0.902. The average molecular weight is 317 g/mol. The van der Waals surface area contributed by atoms with Crippen molar-refractivity contribution < 1.29 is 22.6 Å². The number of ether oxygens (including phenoxy) is 2. The van der Waals surface area contributed by atoms with E-state index >= 15 is 0 Å². The van der Waals surface area contributed by atoms with Crippen LogP contribution in [0.1, 0.15) is 18.6 Å². The van der Waals surface area contributed by atoms with Crippen molar-refractivity contribution >= 4 is 11.3 Å². The van der Waals surface area contributed by atoms with Crippen molar-refractivity contribution in [2.75, 3.05) is 0 Å². The van der Waals surface area contributed by atoms with Gasteiger partial charge in [0, 0.05) is 11.6 Å². The molecule has 0 fully saturated rings. The minimum Gasteiger partial charge on any atom is -0.484 e. The molecule has 0 spiro atoms. The summed E-state index contributed by atoms with van der Waals surface area (Å²) < 4.78 is 45.8. The lowest BCUT2D eigenvalue weighted by molar-refractivity contribution is -0.274. The van der Waals surface area contributed by atoms with Crippen LogP contribution in [-0.4, -0.2) is 12.4 Å². The predicted molar refractivity (Wildman–Crippen MR) is 74.5 cm³/mol. The summed E-state index contributed by atoms with van der Waals surface area (Å²) in [6.07, 6.45) is -5.06. The highest BCUT2D eigenvalue weighted by atomic mass is 32.1. The number of halogens is 3. The summed E-state index contributed by atoms with van der Waals surface area (Å²) in [5.74, 6) is 0.140. The van der Waals surface area contributed by atoms with E-state index in [4.69, 9.17) is 10.5 Å². The lowest BCUT2D eigenvalue weighted by atomic mass is 10.1. The lowest BCUT2D eigenvalue weighted by Crippen LogP contribution is -2.28. The molecule has 0 aliphatic carbocycles. The molecule has 3 nitrogen and oxygen atoms in total. The van der Waals surface area contributed by atoms with Crippen LogP contribution in [0.15, 0.2) is 41.1 Å². The molecule has 0 bridgehead atoms. The third-order valence-corrected chi connectivity index (χ3v) is 3.37. The second-order valence-electron chi connectivity index (χ2n) is 4.47. The monoisotopic (exact) mass is 317 g/mol. The Hall–Kier alpha value is -1.73. The minimum atomic E-state index is -4.70. The average Bonchev–Trinajstić information content (AvgIpc) is 2.89. The summed E-state index contributed by atoms with van der Waals surface area (Å²) >= 11 is 1.52. The van der Waals surface area contributed by atoms with Gasteiger partial charge in [0.05, 0.1) is 0 Å². The first kappa shape index (κ1) is 15.7. The van der Waals surface area contributed by atoms with Crippen LogP contribution in [0.4, 0.5) is 13.2 Å². The summed E-state index contributed by atoms with van der Waals surface area (Å²) in [5, 5.41) is 3.84. The van der Waals surface area contributed by atoms with E-state index in [1.165, 1.54) is 35.6 Å². The molecule has 0 amide bonds. The number of hydrogen-bond acceptors (Lipinski definition) is 4. The molecule has 1 aromatic heterocycles. The SMILES string of the molecule is CC(N)C(Oc1ccc(OC(F)(F)F)cc1)c1ccsc1. The first-order valence-corrected chi connectivity index (χ1v) is 7.09. The fourth-order valence-corrected chi connectivity index (χ4v) is 2.47. The van der Waals surface area contributed by atoms with Crippen LogP contribution in [-0.2, 0) is 0 Å². The fourth-order valence-electron chi connectivity index (χ4n) is 1.78. The van der Waals surface area contributed by atoms with Gasteiger partial charge in [-0.1, -0.05) is 0 Å². The van der Waals surface area contributed by atoms with E-state index in [9.17, 15) is 13.2 Å². The van der Waals surface area contributed by atoms with Gasteiger partial charge in [-0.3, -0.25) is 0 Å². The van der Waals surface area contributed by atoms with Crippen LogP contribution < -0.4 is 15.2 Å². The van der Waals surface area contributed by atoms with Gasteiger partial charge < -0.3 is 15.2 Å². The van der Waals surface area contributed by atoms with E-state index in [0.717, 1.165) is 5.56 Å².